The van der Waals surface area contributed by atoms with Gasteiger partial charge in [-0.25, -0.2) is 4.98 Å². The quantitative estimate of drug-likeness (QED) is 0.763. The van der Waals surface area contributed by atoms with Crippen molar-refractivity contribution in [2.24, 2.45) is 0 Å². The number of carbonyl (C=O) groups is 2. The lowest BCUT2D eigenvalue weighted by atomic mass is 10.3. The molecule has 0 aliphatic carbocycles. The number of amides is 2. The number of thioether (sulfide) groups is 1. The average Bonchev–Trinajstić information content (AvgIpc) is 2.50. The highest BCUT2D eigenvalue weighted by Crippen LogP contribution is 2.32. The number of rotatable bonds is 7. The summed E-state index contributed by atoms with van der Waals surface area (Å²) in [6, 6.07) is 3.58. The number of nitrogens with one attached hydrogen (secondary N) is 1. The van der Waals surface area contributed by atoms with Gasteiger partial charge in [0.1, 0.15) is 11.6 Å². The number of ether oxygens (including phenoxy) is 1. The maximum Gasteiger partial charge on any atom is 0.240 e. The SMILES string of the molecule is CCOCCCNC(=O)CN1C(=O)CSc2ncccc21. The maximum absolute atomic E-state index is 12.0. The maximum atomic E-state index is 12.0. The van der Waals surface area contributed by atoms with Crippen LogP contribution in [-0.4, -0.2) is 48.9 Å². The molecule has 21 heavy (non-hydrogen) atoms. The predicted molar refractivity (Wildman–Crippen MR) is 81.4 cm³/mol. The molecule has 0 saturated carbocycles. The molecule has 6 nitrogen and oxygen atoms in total. The van der Waals surface area contributed by atoms with Gasteiger partial charge in [0.15, 0.2) is 0 Å². The van der Waals surface area contributed by atoms with Crippen LogP contribution in [-0.2, 0) is 14.3 Å². The molecule has 2 heterocycles. The summed E-state index contributed by atoms with van der Waals surface area (Å²) in [5.41, 5.74) is 0.711. The zero-order valence-corrected chi connectivity index (χ0v) is 12.8. The zero-order chi connectivity index (χ0) is 15.1. The van der Waals surface area contributed by atoms with E-state index in [-0.39, 0.29) is 18.4 Å². The van der Waals surface area contributed by atoms with Gasteiger partial charge in [-0.15, -0.1) is 0 Å². The van der Waals surface area contributed by atoms with Crippen molar-refractivity contribution in [2.45, 2.75) is 18.4 Å². The van der Waals surface area contributed by atoms with Crippen LogP contribution in [0, 0.1) is 0 Å². The van der Waals surface area contributed by atoms with Crippen molar-refractivity contribution in [3.05, 3.63) is 18.3 Å². The fourth-order valence-electron chi connectivity index (χ4n) is 1.96. The number of fused-ring (bicyclic) bond motifs is 1. The summed E-state index contributed by atoms with van der Waals surface area (Å²) < 4.78 is 5.20. The lowest BCUT2D eigenvalue weighted by Crippen LogP contribution is -2.43. The number of pyridine rings is 1. The second-order valence-electron chi connectivity index (χ2n) is 4.50. The summed E-state index contributed by atoms with van der Waals surface area (Å²) in [5.74, 6) is 0.0910. The Labute approximate surface area is 128 Å². The van der Waals surface area contributed by atoms with Gasteiger partial charge >= 0.3 is 0 Å². The highest BCUT2D eigenvalue weighted by Gasteiger charge is 2.26. The summed E-state index contributed by atoms with van der Waals surface area (Å²) in [6.45, 7) is 3.83. The molecule has 2 amide bonds. The summed E-state index contributed by atoms with van der Waals surface area (Å²) >= 11 is 1.40. The molecule has 1 aromatic heterocycles. The summed E-state index contributed by atoms with van der Waals surface area (Å²) in [5, 5.41) is 3.59. The summed E-state index contributed by atoms with van der Waals surface area (Å²) in [4.78, 5) is 29.6. The molecule has 2 rings (SSSR count). The first-order valence-electron chi connectivity index (χ1n) is 6.95. The number of hydrogen-bond acceptors (Lipinski definition) is 5. The summed E-state index contributed by atoms with van der Waals surface area (Å²) in [7, 11) is 0. The van der Waals surface area contributed by atoms with E-state index in [1.165, 1.54) is 16.7 Å². The molecule has 0 spiro atoms. The van der Waals surface area contributed by atoms with Crippen molar-refractivity contribution in [2.75, 3.05) is 37.0 Å². The van der Waals surface area contributed by atoms with E-state index in [4.69, 9.17) is 4.74 Å². The van der Waals surface area contributed by atoms with E-state index in [1.54, 1.807) is 12.3 Å². The highest BCUT2D eigenvalue weighted by molar-refractivity contribution is 8.00. The molecule has 0 unspecified atom stereocenters. The number of aromatic nitrogens is 1. The molecule has 0 fully saturated rings. The zero-order valence-electron chi connectivity index (χ0n) is 12.0. The van der Waals surface area contributed by atoms with E-state index >= 15 is 0 Å². The van der Waals surface area contributed by atoms with Crippen LogP contribution in [0.2, 0.25) is 0 Å². The standard InChI is InChI=1S/C14H19N3O3S/c1-2-20-8-4-7-15-12(18)9-17-11-5-3-6-16-14(11)21-10-13(17)19/h3,5-6H,2,4,7-10H2,1H3,(H,15,18). The molecule has 0 saturated heterocycles. The molecule has 0 bridgehead atoms. The Kier molecular flexibility index (Phi) is 6.01. The molecule has 0 aromatic carbocycles. The molecule has 1 N–H and O–H groups in total. The Morgan fingerprint density at radius 2 is 2.43 bits per heavy atom. The Balaban J connectivity index is 1.87. The monoisotopic (exact) mass is 309 g/mol. The molecular weight excluding hydrogens is 290 g/mol. The van der Waals surface area contributed by atoms with Crippen molar-refractivity contribution in [3.63, 3.8) is 0 Å². The Bertz CT molecular complexity index is 510. The summed E-state index contributed by atoms with van der Waals surface area (Å²) in [6.07, 6.45) is 2.45. The second-order valence-corrected chi connectivity index (χ2v) is 5.46. The van der Waals surface area contributed by atoms with Gasteiger partial charge in [0.25, 0.3) is 0 Å². The topological polar surface area (TPSA) is 71.5 Å². The van der Waals surface area contributed by atoms with Crippen molar-refractivity contribution in [1.82, 2.24) is 10.3 Å². The minimum atomic E-state index is -0.165. The fourth-order valence-corrected chi connectivity index (χ4v) is 2.84. The van der Waals surface area contributed by atoms with Crippen LogP contribution in [0.25, 0.3) is 0 Å². The Morgan fingerprint density at radius 3 is 3.24 bits per heavy atom. The largest absolute Gasteiger partial charge is 0.382 e. The molecule has 114 valence electrons. The normalized spacial score (nSPS) is 14.0. The first-order valence-corrected chi connectivity index (χ1v) is 7.93. The van der Waals surface area contributed by atoms with Crippen molar-refractivity contribution in [3.8, 4) is 0 Å². The van der Waals surface area contributed by atoms with Crippen LogP contribution >= 0.6 is 11.8 Å². The average molecular weight is 309 g/mol. The van der Waals surface area contributed by atoms with E-state index in [9.17, 15) is 9.59 Å². The van der Waals surface area contributed by atoms with Crippen LogP contribution < -0.4 is 10.2 Å². The van der Waals surface area contributed by atoms with E-state index in [0.29, 0.717) is 31.2 Å². The highest BCUT2D eigenvalue weighted by atomic mass is 32.2. The minimum absolute atomic E-state index is 0.0344. The van der Waals surface area contributed by atoms with Gasteiger partial charge in [0.05, 0.1) is 11.4 Å². The van der Waals surface area contributed by atoms with Crippen LogP contribution in [0.4, 0.5) is 5.69 Å². The number of hydrogen-bond donors (Lipinski definition) is 1. The second kappa shape index (κ2) is 7.99. The van der Waals surface area contributed by atoms with Crippen molar-refractivity contribution >= 4 is 29.3 Å². The van der Waals surface area contributed by atoms with Gasteiger partial charge in [-0.1, -0.05) is 11.8 Å². The Morgan fingerprint density at radius 1 is 1.57 bits per heavy atom. The first kappa shape index (κ1) is 15.8. The minimum Gasteiger partial charge on any atom is -0.382 e. The first-order chi connectivity index (χ1) is 10.2. The number of nitrogens with zero attached hydrogens (tertiary/aromatic N) is 2. The molecular formula is C14H19N3O3S. The fraction of sp³-hybridized carbons (Fsp3) is 0.500. The van der Waals surface area contributed by atoms with Crippen LogP contribution in [0.3, 0.4) is 0 Å². The predicted octanol–water partition coefficient (Wildman–Crippen LogP) is 1.06. The van der Waals surface area contributed by atoms with E-state index in [1.807, 2.05) is 13.0 Å². The lowest BCUT2D eigenvalue weighted by molar-refractivity contribution is -0.123. The van der Waals surface area contributed by atoms with Gasteiger partial charge in [0, 0.05) is 26.0 Å². The van der Waals surface area contributed by atoms with E-state index in [2.05, 4.69) is 10.3 Å². The van der Waals surface area contributed by atoms with Crippen LogP contribution in [0.15, 0.2) is 23.4 Å². The van der Waals surface area contributed by atoms with Gasteiger partial charge in [-0.2, -0.15) is 0 Å². The number of anilines is 1. The van der Waals surface area contributed by atoms with Crippen molar-refractivity contribution < 1.29 is 14.3 Å². The lowest BCUT2D eigenvalue weighted by Gasteiger charge is -2.27. The van der Waals surface area contributed by atoms with Gasteiger partial charge in [0.2, 0.25) is 11.8 Å². The third kappa shape index (κ3) is 4.44. The molecule has 1 aromatic rings. The third-order valence-corrected chi connectivity index (χ3v) is 3.95. The van der Waals surface area contributed by atoms with Gasteiger partial charge < -0.3 is 10.1 Å². The molecule has 0 atom stereocenters. The molecule has 7 heteroatoms. The Hall–Kier alpha value is -1.60. The van der Waals surface area contributed by atoms with E-state index in [0.717, 1.165) is 11.4 Å². The smallest absolute Gasteiger partial charge is 0.240 e. The molecule has 1 aliphatic rings. The van der Waals surface area contributed by atoms with Gasteiger partial charge in [-0.3, -0.25) is 14.5 Å². The van der Waals surface area contributed by atoms with E-state index < -0.39 is 0 Å². The molecule has 1 aliphatic heterocycles. The van der Waals surface area contributed by atoms with Crippen LogP contribution in [0.1, 0.15) is 13.3 Å². The third-order valence-electron chi connectivity index (χ3n) is 2.97. The molecule has 0 radical (unpaired) electrons. The number of carbonyl (C=O) groups excluding carboxylic acids is 2. The van der Waals surface area contributed by atoms with Crippen LogP contribution in [0.5, 0.6) is 0 Å². The van der Waals surface area contributed by atoms with Gasteiger partial charge in [-0.05, 0) is 25.5 Å². The van der Waals surface area contributed by atoms with Crippen molar-refractivity contribution in [1.29, 1.82) is 0 Å².